The number of ether oxygens (including phenoxy) is 1. The number of carbonyl (C=O) groups excluding carboxylic acids is 1. The summed E-state index contributed by atoms with van der Waals surface area (Å²) in [6, 6.07) is 20.0. The number of aliphatic carboxylic acids is 1. The first-order valence-corrected chi connectivity index (χ1v) is 14.3. The molecule has 1 saturated carbocycles. The molecule has 2 aromatic carbocycles. The fourth-order valence-corrected chi connectivity index (χ4v) is 7.44. The number of carboxylic acids is 1. The van der Waals surface area contributed by atoms with Crippen molar-refractivity contribution in [1.29, 1.82) is 0 Å². The molecular weight excluding hydrogens is 530 g/mol. The molecule has 6 rings (SSSR count). The third-order valence-electron chi connectivity index (χ3n) is 7.37. The van der Waals surface area contributed by atoms with Gasteiger partial charge in [-0.25, -0.2) is 4.79 Å². The number of hydrogen-bond acceptors (Lipinski definition) is 6. The summed E-state index contributed by atoms with van der Waals surface area (Å²) in [7, 11) is 1.79. The fourth-order valence-electron chi connectivity index (χ4n) is 5.03. The molecule has 0 bridgehead atoms. The van der Waals surface area contributed by atoms with Gasteiger partial charge in [0, 0.05) is 26.2 Å². The molecule has 3 heterocycles. The number of nitrogens with one attached hydrogen (secondary N) is 1. The zero-order chi connectivity index (χ0) is 27.3. The Morgan fingerprint density at radius 2 is 1.74 bits per heavy atom. The molecule has 0 unspecified atom stereocenters. The number of anilines is 1. The highest BCUT2D eigenvalue weighted by Gasteiger charge is 2.52. The van der Waals surface area contributed by atoms with Gasteiger partial charge in [0.2, 0.25) is 0 Å². The van der Waals surface area contributed by atoms with Crippen molar-refractivity contribution >= 4 is 50.0 Å². The van der Waals surface area contributed by atoms with Crippen molar-refractivity contribution in [2.45, 2.75) is 38.2 Å². The number of amides is 1. The first-order chi connectivity index (χ1) is 18.7. The summed E-state index contributed by atoms with van der Waals surface area (Å²) in [5.74, 6) is -0.154. The molecule has 5 aromatic rings. The fraction of sp³-hybridized carbons (Fsp3) is 0.233. The van der Waals surface area contributed by atoms with Gasteiger partial charge in [-0.05, 0) is 61.1 Å². The van der Waals surface area contributed by atoms with Gasteiger partial charge in [0.25, 0.3) is 0 Å². The van der Waals surface area contributed by atoms with Gasteiger partial charge in [-0.1, -0.05) is 48.5 Å². The molecule has 2 N–H and O–H groups in total. The van der Waals surface area contributed by atoms with Crippen LogP contribution < -0.4 is 5.32 Å². The summed E-state index contributed by atoms with van der Waals surface area (Å²) in [6.45, 7) is 3.84. The van der Waals surface area contributed by atoms with Crippen molar-refractivity contribution in [3.63, 3.8) is 0 Å². The second kappa shape index (κ2) is 9.66. The summed E-state index contributed by atoms with van der Waals surface area (Å²) >= 11 is 3.34. The van der Waals surface area contributed by atoms with Crippen molar-refractivity contribution in [2.75, 3.05) is 5.32 Å². The van der Waals surface area contributed by atoms with E-state index in [1.54, 1.807) is 40.6 Å². The lowest BCUT2D eigenvalue weighted by atomic mass is 9.90. The number of nitrogens with zero attached hydrogens (tertiary/aromatic N) is 2. The molecule has 39 heavy (non-hydrogen) atoms. The molecule has 0 saturated heterocycles. The molecule has 3 aromatic heterocycles. The second-order valence-corrected chi connectivity index (χ2v) is 12.1. The summed E-state index contributed by atoms with van der Waals surface area (Å²) in [4.78, 5) is 26.6. The number of rotatable bonds is 7. The van der Waals surface area contributed by atoms with E-state index in [1.807, 2.05) is 56.3 Å². The van der Waals surface area contributed by atoms with Gasteiger partial charge < -0.3 is 9.84 Å². The van der Waals surface area contributed by atoms with Crippen LogP contribution in [0.1, 0.15) is 42.6 Å². The Morgan fingerprint density at radius 1 is 1.05 bits per heavy atom. The summed E-state index contributed by atoms with van der Waals surface area (Å²) in [5.41, 5.74) is 4.09. The summed E-state index contributed by atoms with van der Waals surface area (Å²) in [6.07, 6.45) is 2.24. The first kappa shape index (κ1) is 25.3. The van der Waals surface area contributed by atoms with Gasteiger partial charge in [0.05, 0.1) is 17.2 Å². The van der Waals surface area contributed by atoms with E-state index in [4.69, 9.17) is 4.74 Å². The highest BCUT2D eigenvalue weighted by molar-refractivity contribution is 7.31. The third-order valence-corrected chi connectivity index (χ3v) is 9.75. The van der Waals surface area contributed by atoms with Crippen LogP contribution in [0.15, 0.2) is 66.9 Å². The van der Waals surface area contributed by atoms with Gasteiger partial charge in [0.1, 0.15) is 11.9 Å². The minimum atomic E-state index is -0.731. The van der Waals surface area contributed by atoms with Crippen LogP contribution in [0.25, 0.3) is 30.3 Å². The highest BCUT2D eigenvalue weighted by atomic mass is 32.1. The largest absolute Gasteiger partial charge is 0.481 e. The third kappa shape index (κ3) is 4.62. The molecule has 1 aliphatic carbocycles. The lowest BCUT2D eigenvalue weighted by Gasteiger charge is -2.15. The van der Waals surface area contributed by atoms with Crippen molar-refractivity contribution in [1.82, 2.24) is 9.78 Å². The zero-order valence-corrected chi connectivity index (χ0v) is 23.4. The van der Waals surface area contributed by atoms with Crippen LogP contribution in [0.3, 0.4) is 0 Å². The zero-order valence-electron chi connectivity index (χ0n) is 21.7. The number of benzene rings is 2. The Bertz CT molecular complexity index is 1680. The van der Waals surface area contributed by atoms with Crippen molar-refractivity contribution in [3.05, 3.63) is 83.6 Å². The van der Waals surface area contributed by atoms with Gasteiger partial charge >= 0.3 is 12.1 Å². The van der Waals surface area contributed by atoms with E-state index < -0.39 is 17.5 Å². The van der Waals surface area contributed by atoms with Crippen LogP contribution in [0.5, 0.6) is 0 Å². The minimum absolute atomic E-state index is 0.384. The molecule has 1 aliphatic rings. The molecule has 9 heteroatoms. The molecule has 198 valence electrons. The van der Waals surface area contributed by atoms with Crippen LogP contribution in [-0.4, -0.2) is 26.9 Å². The van der Waals surface area contributed by atoms with E-state index in [9.17, 15) is 14.7 Å². The predicted octanol–water partition coefficient (Wildman–Crippen LogP) is 7.76. The van der Waals surface area contributed by atoms with E-state index in [0.717, 1.165) is 47.0 Å². The molecule has 7 nitrogen and oxygen atoms in total. The SMILES string of the molecule is Cc1cc(-c2cc3sc(-c4cnn(C)c4NC(=O)O[C@H](C)c4ccccc4)cc3s2)ccc1C1(C(=O)O)CC1. The maximum Gasteiger partial charge on any atom is 0.413 e. The quantitative estimate of drug-likeness (QED) is 0.213. The van der Waals surface area contributed by atoms with E-state index >= 15 is 0 Å². The van der Waals surface area contributed by atoms with Crippen LogP contribution in [0.4, 0.5) is 10.6 Å². The van der Waals surface area contributed by atoms with Crippen LogP contribution >= 0.6 is 22.7 Å². The smallest absolute Gasteiger partial charge is 0.413 e. The Kier molecular flexibility index (Phi) is 6.28. The average Bonchev–Trinajstić information content (AvgIpc) is 3.31. The Labute approximate surface area is 233 Å². The number of carboxylic acid groups (broad SMARTS) is 1. The van der Waals surface area contributed by atoms with Gasteiger partial charge in [-0.3, -0.25) is 14.8 Å². The van der Waals surface area contributed by atoms with E-state index in [-0.39, 0.29) is 6.10 Å². The lowest BCUT2D eigenvalue weighted by molar-refractivity contribution is -0.140. The van der Waals surface area contributed by atoms with E-state index in [2.05, 4.69) is 28.6 Å². The van der Waals surface area contributed by atoms with Crippen molar-refractivity contribution in [3.8, 4) is 20.9 Å². The standard InChI is InChI=1S/C30H27N3O4S2/c1-17-13-20(9-10-22(17)30(11-12-30)28(34)35)23-14-25-26(38-23)15-24(39-25)21-16-31-33(3)27(21)32-29(36)37-18(2)19-7-5-4-6-8-19/h4-10,13-16,18H,11-12H2,1-3H3,(H,32,36)(H,34,35)/t18-/m1/s1. The number of fused-ring (bicyclic) bond motifs is 1. The molecule has 0 radical (unpaired) electrons. The summed E-state index contributed by atoms with van der Waals surface area (Å²) < 4.78 is 9.53. The lowest BCUT2D eigenvalue weighted by Crippen LogP contribution is -2.20. The van der Waals surface area contributed by atoms with Crippen LogP contribution in [0, 0.1) is 6.92 Å². The van der Waals surface area contributed by atoms with E-state index in [0.29, 0.717) is 18.7 Å². The topological polar surface area (TPSA) is 93.5 Å². The molecular formula is C30H27N3O4S2. The molecule has 0 aliphatic heterocycles. The van der Waals surface area contributed by atoms with Crippen molar-refractivity contribution < 1.29 is 19.4 Å². The first-order valence-electron chi connectivity index (χ1n) is 12.7. The molecule has 1 amide bonds. The minimum Gasteiger partial charge on any atom is -0.481 e. The Hall–Kier alpha value is -3.95. The maximum atomic E-state index is 12.7. The Balaban J connectivity index is 1.22. The maximum absolute atomic E-state index is 12.7. The Morgan fingerprint density at radius 3 is 2.41 bits per heavy atom. The number of aryl methyl sites for hydroxylation is 2. The number of hydrogen-bond donors (Lipinski definition) is 2. The second-order valence-electron chi connectivity index (χ2n) is 9.98. The monoisotopic (exact) mass is 557 g/mol. The predicted molar refractivity (Wildman–Crippen MR) is 156 cm³/mol. The number of aromatic nitrogens is 2. The average molecular weight is 558 g/mol. The molecule has 0 spiro atoms. The number of thiophene rings is 2. The molecule has 1 atom stereocenters. The van der Waals surface area contributed by atoms with E-state index in [1.165, 1.54) is 0 Å². The van der Waals surface area contributed by atoms with Crippen LogP contribution in [0.2, 0.25) is 0 Å². The van der Waals surface area contributed by atoms with Crippen LogP contribution in [-0.2, 0) is 22.0 Å². The van der Waals surface area contributed by atoms with Gasteiger partial charge in [0.15, 0.2) is 0 Å². The normalized spacial score (nSPS) is 14.7. The molecule has 1 fully saturated rings. The highest BCUT2D eigenvalue weighted by Crippen LogP contribution is 2.50. The van der Waals surface area contributed by atoms with Gasteiger partial charge in [-0.15, -0.1) is 22.7 Å². The number of carbonyl (C=O) groups is 2. The van der Waals surface area contributed by atoms with Crippen molar-refractivity contribution in [2.24, 2.45) is 7.05 Å². The summed E-state index contributed by atoms with van der Waals surface area (Å²) in [5, 5.41) is 16.9. The van der Waals surface area contributed by atoms with Gasteiger partial charge in [-0.2, -0.15) is 5.10 Å².